The monoisotopic (exact) mass is 719 g/mol. The Morgan fingerprint density at radius 2 is 1.61 bits per heavy atom. The molecular weight excluding hydrogens is 685 g/mol. The summed E-state index contributed by atoms with van der Waals surface area (Å²) in [7, 11) is -2.75. The van der Waals surface area contributed by atoms with Gasteiger partial charge >= 0.3 is 0 Å². The van der Waals surface area contributed by atoms with E-state index < -0.39 is 18.9 Å². The van der Waals surface area contributed by atoms with E-state index in [0.29, 0.717) is 11.8 Å². The summed E-state index contributed by atoms with van der Waals surface area (Å²) >= 11 is 10.7. The van der Waals surface area contributed by atoms with Crippen molar-refractivity contribution in [3.05, 3.63) is 81.9 Å². The van der Waals surface area contributed by atoms with E-state index >= 15 is 0 Å². The van der Waals surface area contributed by atoms with E-state index in [9.17, 15) is 0 Å². The van der Waals surface area contributed by atoms with Gasteiger partial charge < -0.3 is 18.5 Å². The molecule has 0 unspecified atom stereocenters. The number of thioether (sulfide) groups is 1. The number of aromatic nitrogens is 3. The molecule has 0 N–H and O–H groups in total. The molecule has 0 aliphatic carbocycles. The van der Waals surface area contributed by atoms with Crippen LogP contribution in [0.5, 0.6) is 0 Å². The number of rotatable bonds is 6. The van der Waals surface area contributed by atoms with E-state index in [-0.39, 0.29) is 22.6 Å². The van der Waals surface area contributed by atoms with Crippen LogP contribution in [-0.4, -0.2) is 52.2 Å². The van der Waals surface area contributed by atoms with Crippen molar-refractivity contribution < 1.29 is 13.9 Å². The van der Waals surface area contributed by atoms with Gasteiger partial charge in [-0.15, -0.1) is 11.8 Å². The Hall–Kier alpha value is -1.47. The van der Waals surface area contributed by atoms with Gasteiger partial charge in [0.25, 0.3) is 8.32 Å². The second kappa shape index (κ2) is 10.6. The first-order chi connectivity index (χ1) is 19.4. The lowest BCUT2D eigenvalue weighted by Gasteiger charge is -2.45. The lowest BCUT2D eigenvalue weighted by atomic mass is 10.0. The van der Waals surface area contributed by atoms with Gasteiger partial charge in [0.2, 0.25) is 0 Å². The van der Waals surface area contributed by atoms with Crippen LogP contribution >= 0.6 is 46.0 Å². The number of fused-ring (bicyclic) bond motifs is 2. The van der Waals surface area contributed by atoms with Crippen LogP contribution in [0.4, 0.5) is 0 Å². The summed E-state index contributed by atoms with van der Waals surface area (Å²) in [5.41, 5.74) is 0.802. The summed E-state index contributed by atoms with van der Waals surface area (Å²) in [6.45, 7) is 13.7. The first kappa shape index (κ1) is 29.6. The van der Waals surface area contributed by atoms with Crippen molar-refractivity contribution >= 4 is 75.7 Å². The Balaban J connectivity index is 1.43. The van der Waals surface area contributed by atoms with E-state index in [1.54, 1.807) is 0 Å². The minimum atomic E-state index is -2.75. The van der Waals surface area contributed by atoms with Crippen molar-refractivity contribution in [3.8, 4) is 0 Å². The fourth-order valence-electron chi connectivity index (χ4n) is 6.42. The number of benzene rings is 2. The van der Waals surface area contributed by atoms with E-state index in [4.69, 9.17) is 25.5 Å². The predicted octanol–water partition coefficient (Wildman–Crippen LogP) is 6.79. The lowest BCUT2D eigenvalue weighted by molar-refractivity contribution is -0.152. The van der Waals surface area contributed by atoms with Crippen LogP contribution in [0.25, 0.3) is 11.0 Å². The van der Waals surface area contributed by atoms with E-state index in [1.165, 1.54) is 16.7 Å². The Kier molecular flexibility index (Phi) is 7.65. The van der Waals surface area contributed by atoms with Crippen molar-refractivity contribution in [1.29, 1.82) is 0 Å². The first-order valence-corrected chi connectivity index (χ1v) is 18.1. The molecule has 2 fully saturated rings. The average molecular weight is 720 g/mol. The number of halogens is 2. The Morgan fingerprint density at radius 3 is 2.20 bits per heavy atom. The summed E-state index contributed by atoms with van der Waals surface area (Å²) in [6, 6.07) is 21.6. The molecule has 10 heteroatoms. The van der Waals surface area contributed by atoms with E-state index in [1.807, 2.05) is 25.6 Å². The highest BCUT2D eigenvalue weighted by Crippen LogP contribution is 2.58. The molecule has 2 aliphatic heterocycles. The van der Waals surface area contributed by atoms with Gasteiger partial charge in [0.15, 0.2) is 5.79 Å². The lowest BCUT2D eigenvalue weighted by Crippen LogP contribution is -2.67. The van der Waals surface area contributed by atoms with E-state index in [2.05, 4.69) is 132 Å². The van der Waals surface area contributed by atoms with Crippen LogP contribution in [0.1, 0.15) is 46.9 Å². The quantitative estimate of drug-likeness (QED) is 0.124. The van der Waals surface area contributed by atoms with Crippen molar-refractivity contribution in [2.75, 3.05) is 6.61 Å². The van der Waals surface area contributed by atoms with Crippen LogP contribution in [-0.2, 0) is 13.9 Å². The molecule has 4 heterocycles. The summed E-state index contributed by atoms with van der Waals surface area (Å²) in [5, 5.41) is 3.65. The predicted molar refractivity (Wildman–Crippen MR) is 178 cm³/mol. The largest absolute Gasteiger partial charge is 0.406 e. The van der Waals surface area contributed by atoms with E-state index in [0.717, 1.165) is 14.6 Å². The maximum Gasteiger partial charge on any atom is 0.261 e. The normalized spacial score (nSPS) is 26.0. The third-order valence-corrected chi connectivity index (χ3v) is 15.9. The number of hydrogen-bond donors (Lipinski definition) is 0. The molecular formula is C31H35ClIN3O3SSi. The molecule has 216 valence electrons. The van der Waals surface area contributed by atoms with Crippen molar-refractivity contribution in [1.82, 2.24) is 14.5 Å². The SMILES string of the molecule is CC1(C)O[C@H]2[C@H](n3cc(I)c4c(Cl)ncnc43)S[C@](C)(CO[Si](c3ccccc3)(c3ccccc3)C(C)(C)C)[C@H]2O1. The van der Waals surface area contributed by atoms with Crippen molar-refractivity contribution in [3.63, 3.8) is 0 Å². The van der Waals surface area contributed by atoms with Gasteiger partial charge in [0.1, 0.15) is 34.7 Å². The molecule has 0 saturated carbocycles. The summed E-state index contributed by atoms with van der Waals surface area (Å²) in [4.78, 5) is 8.85. The van der Waals surface area contributed by atoms with Crippen LogP contribution in [0.15, 0.2) is 73.2 Å². The third kappa shape index (κ3) is 4.99. The molecule has 0 amide bonds. The highest BCUT2D eigenvalue weighted by Gasteiger charge is 2.62. The minimum absolute atomic E-state index is 0.0773. The first-order valence-electron chi connectivity index (χ1n) is 13.8. The highest BCUT2D eigenvalue weighted by atomic mass is 127. The molecule has 0 radical (unpaired) electrons. The summed E-state index contributed by atoms with van der Waals surface area (Å²) < 4.78 is 23.5. The fraction of sp³-hybridized carbons (Fsp3) is 0.419. The van der Waals surface area contributed by atoms with Crippen molar-refractivity contribution in [2.45, 2.75) is 74.7 Å². The highest BCUT2D eigenvalue weighted by molar-refractivity contribution is 14.1. The molecule has 6 rings (SSSR count). The molecule has 2 saturated heterocycles. The van der Waals surface area contributed by atoms with Gasteiger partial charge in [0.05, 0.1) is 16.7 Å². The smallest absolute Gasteiger partial charge is 0.261 e. The second-order valence-electron chi connectivity index (χ2n) is 12.5. The zero-order chi connectivity index (χ0) is 29.2. The van der Waals surface area contributed by atoms with Crippen LogP contribution < -0.4 is 10.4 Å². The van der Waals surface area contributed by atoms with Gasteiger partial charge in [-0.05, 0) is 58.8 Å². The standard InChI is InChI=1S/C31H35ClIN3O3SSi/c1-29(2,3)41(20-13-9-7-10-14-20,21-15-11-8-12-16-21)37-18-31(6)25-24(38-30(4,5)39-25)28(40-31)36-17-22(33)23-26(32)34-19-35-27(23)36/h7-17,19,24-25,28H,18H2,1-6H3/t24-,25+,28-,31-/m1/s1. The maximum atomic E-state index is 7.45. The molecule has 4 atom stereocenters. The number of ether oxygens (including phenoxy) is 2. The Morgan fingerprint density at radius 1 is 1.00 bits per heavy atom. The fourth-order valence-corrected chi connectivity index (χ4v) is 14.0. The van der Waals surface area contributed by atoms with Gasteiger partial charge in [-0.1, -0.05) is 93.0 Å². The van der Waals surface area contributed by atoms with Crippen LogP contribution in [0.3, 0.4) is 0 Å². The van der Waals surface area contributed by atoms with Gasteiger partial charge in [-0.3, -0.25) is 0 Å². The molecule has 2 aliphatic rings. The van der Waals surface area contributed by atoms with Crippen molar-refractivity contribution in [2.24, 2.45) is 0 Å². The van der Waals surface area contributed by atoms with Gasteiger partial charge in [0, 0.05) is 9.77 Å². The topological polar surface area (TPSA) is 58.4 Å². The molecule has 6 nitrogen and oxygen atoms in total. The van der Waals surface area contributed by atoms with Crippen LogP contribution in [0, 0.1) is 3.57 Å². The number of nitrogens with zero attached hydrogens (tertiary/aromatic N) is 3. The molecule has 41 heavy (non-hydrogen) atoms. The maximum absolute atomic E-state index is 7.45. The molecule has 2 aromatic carbocycles. The third-order valence-electron chi connectivity index (χ3n) is 8.19. The molecule has 0 spiro atoms. The zero-order valence-electron chi connectivity index (χ0n) is 24.1. The summed E-state index contributed by atoms with van der Waals surface area (Å²) in [5.74, 6) is -0.712. The molecule has 2 aromatic heterocycles. The minimum Gasteiger partial charge on any atom is -0.406 e. The molecule has 0 bridgehead atoms. The van der Waals surface area contributed by atoms with Gasteiger partial charge in [-0.2, -0.15) is 0 Å². The average Bonchev–Trinajstić information content (AvgIpc) is 3.53. The second-order valence-corrected chi connectivity index (χ2v) is 20.0. The Labute approximate surface area is 265 Å². The van der Waals surface area contributed by atoms with Crippen LogP contribution in [0.2, 0.25) is 10.2 Å². The Bertz CT molecular complexity index is 1530. The van der Waals surface area contributed by atoms with Gasteiger partial charge in [-0.25, -0.2) is 9.97 Å². The molecule has 4 aromatic rings. The zero-order valence-corrected chi connectivity index (χ0v) is 28.8. The number of hydrogen-bond acceptors (Lipinski definition) is 6. The summed E-state index contributed by atoms with van der Waals surface area (Å²) in [6.07, 6.45) is 3.25.